The van der Waals surface area contributed by atoms with E-state index in [9.17, 15) is 0 Å². The molecule has 0 bridgehead atoms. The Morgan fingerprint density at radius 1 is 0.615 bits per heavy atom. The second kappa shape index (κ2) is 13.9. The number of piperidine rings is 1. The molecule has 0 amide bonds. The molecule has 0 aromatic rings. The molecule has 3 atom stereocenters. The maximum Gasteiger partial charge on any atom is 0.0967 e. The molecule has 0 radical (unpaired) electrons. The predicted octanol–water partition coefficient (Wildman–Crippen LogP) is 4.16. The summed E-state index contributed by atoms with van der Waals surface area (Å²) in [5.74, 6) is 2.40. The highest BCUT2D eigenvalue weighted by molar-refractivity contribution is 4.76. The van der Waals surface area contributed by atoms with Crippen LogP contribution in [-0.2, 0) is 4.74 Å². The number of ether oxygens (including phenoxy) is 1. The van der Waals surface area contributed by atoms with E-state index in [4.69, 9.17) is 4.74 Å². The first-order valence-corrected chi connectivity index (χ1v) is 11.2. The van der Waals surface area contributed by atoms with Gasteiger partial charge in [-0.3, -0.25) is 5.32 Å². The van der Waals surface area contributed by atoms with Crippen LogP contribution in [0.3, 0.4) is 0 Å². The summed E-state index contributed by atoms with van der Waals surface area (Å²) in [5, 5.41) is 10.3. The number of nitrogens with one attached hydrogen (secondary N) is 3. The lowest BCUT2D eigenvalue weighted by Crippen LogP contribution is -2.40. The standard InChI is InChI=1S/C8H17N.C7H15NO.C7H15N/c1-7(2)8-5-3-4-6-9-8;1-6(2)7-3-4-9-5-8-7;1-6(2)7-4-3-5-8-7/h7-9H,3-6H2,1-2H3;6-8H,3-5H2,1-2H3;6-8H,3-5H2,1-2H3. The Morgan fingerprint density at radius 2 is 1.12 bits per heavy atom. The van der Waals surface area contributed by atoms with Gasteiger partial charge in [-0.25, -0.2) is 0 Å². The summed E-state index contributed by atoms with van der Waals surface area (Å²) in [6.07, 6.45) is 8.12. The van der Waals surface area contributed by atoms with Crippen LogP contribution < -0.4 is 16.0 Å². The average Bonchev–Trinajstić information content (AvgIpc) is 3.19. The van der Waals surface area contributed by atoms with Gasteiger partial charge >= 0.3 is 0 Å². The van der Waals surface area contributed by atoms with E-state index in [0.717, 1.165) is 49.6 Å². The van der Waals surface area contributed by atoms with Gasteiger partial charge in [-0.1, -0.05) is 48.0 Å². The van der Waals surface area contributed by atoms with Crippen molar-refractivity contribution < 1.29 is 4.74 Å². The van der Waals surface area contributed by atoms with E-state index in [-0.39, 0.29) is 0 Å². The molecule has 3 N–H and O–H groups in total. The Kier molecular flexibility index (Phi) is 12.8. The zero-order chi connectivity index (χ0) is 19.4. The Bertz CT molecular complexity index is 293. The lowest BCUT2D eigenvalue weighted by Gasteiger charge is -2.26. The van der Waals surface area contributed by atoms with Crippen molar-refractivity contribution in [2.24, 2.45) is 17.8 Å². The molecule has 3 unspecified atom stereocenters. The molecule has 3 saturated heterocycles. The molecular weight excluding hydrogens is 322 g/mol. The van der Waals surface area contributed by atoms with Gasteiger partial charge in [0.1, 0.15) is 0 Å². The molecular formula is C22H47N3O. The van der Waals surface area contributed by atoms with E-state index in [0.29, 0.717) is 6.04 Å². The highest BCUT2D eigenvalue weighted by Crippen LogP contribution is 2.14. The first-order valence-electron chi connectivity index (χ1n) is 11.2. The van der Waals surface area contributed by atoms with Crippen LogP contribution in [-0.4, -0.2) is 44.6 Å². The second-order valence-electron chi connectivity index (χ2n) is 9.14. The van der Waals surface area contributed by atoms with E-state index >= 15 is 0 Å². The normalized spacial score (nSPS) is 29.2. The van der Waals surface area contributed by atoms with E-state index in [1.54, 1.807) is 0 Å². The van der Waals surface area contributed by atoms with Crippen LogP contribution in [0.25, 0.3) is 0 Å². The number of hydrogen-bond acceptors (Lipinski definition) is 4. The lowest BCUT2D eigenvalue weighted by molar-refractivity contribution is 0.0505. The van der Waals surface area contributed by atoms with Crippen LogP contribution in [0.1, 0.15) is 80.1 Å². The maximum atomic E-state index is 5.14. The Morgan fingerprint density at radius 3 is 1.42 bits per heavy atom. The summed E-state index contributed by atoms with van der Waals surface area (Å²) in [4.78, 5) is 0. The summed E-state index contributed by atoms with van der Waals surface area (Å²) in [6, 6.07) is 2.30. The Labute approximate surface area is 163 Å². The van der Waals surface area contributed by atoms with Gasteiger partial charge < -0.3 is 15.4 Å². The lowest BCUT2D eigenvalue weighted by atomic mass is 9.95. The van der Waals surface area contributed by atoms with E-state index in [1.807, 2.05) is 0 Å². The van der Waals surface area contributed by atoms with Crippen molar-refractivity contribution in [3.63, 3.8) is 0 Å². The molecule has 0 aromatic carbocycles. The van der Waals surface area contributed by atoms with Crippen LogP contribution in [0.4, 0.5) is 0 Å². The summed E-state index contributed by atoms with van der Waals surface area (Å²) < 4.78 is 5.14. The van der Waals surface area contributed by atoms with E-state index in [1.165, 1.54) is 45.2 Å². The van der Waals surface area contributed by atoms with Gasteiger partial charge in [-0.2, -0.15) is 0 Å². The van der Waals surface area contributed by atoms with Crippen molar-refractivity contribution in [1.29, 1.82) is 0 Å². The molecule has 3 aliphatic rings. The second-order valence-corrected chi connectivity index (χ2v) is 9.14. The molecule has 3 heterocycles. The van der Waals surface area contributed by atoms with Crippen LogP contribution in [0, 0.1) is 17.8 Å². The van der Waals surface area contributed by atoms with Crippen molar-refractivity contribution in [3.05, 3.63) is 0 Å². The molecule has 156 valence electrons. The fourth-order valence-electron chi connectivity index (χ4n) is 3.85. The van der Waals surface area contributed by atoms with Crippen molar-refractivity contribution >= 4 is 0 Å². The number of hydrogen-bond donors (Lipinski definition) is 3. The molecule has 0 saturated carbocycles. The summed E-state index contributed by atoms with van der Waals surface area (Å²) in [5.41, 5.74) is 0. The van der Waals surface area contributed by atoms with Crippen molar-refractivity contribution in [3.8, 4) is 0 Å². The fourth-order valence-corrected chi connectivity index (χ4v) is 3.85. The minimum Gasteiger partial charge on any atom is -0.366 e. The quantitative estimate of drug-likeness (QED) is 0.699. The molecule has 0 aromatic heterocycles. The SMILES string of the molecule is CC(C)C1CCCCN1.CC(C)C1CCCN1.CC(C)C1CCOCN1. The van der Waals surface area contributed by atoms with Gasteiger partial charge in [0.25, 0.3) is 0 Å². The van der Waals surface area contributed by atoms with Crippen molar-refractivity contribution in [1.82, 2.24) is 16.0 Å². The molecule has 0 aliphatic carbocycles. The maximum absolute atomic E-state index is 5.14. The molecule has 26 heavy (non-hydrogen) atoms. The molecule has 4 nitrogen and oxygen atoms in total. The fraction of sp³-hybridized carbons (Fsp3) is 1.00. The average molecular weight is 370 g/mol. The van der Waals surface area contributed by atoms with Crippen LogP contribution in [0.15, 0.2) is 0 Å². The topological polar surface area (TPSA) is 45.3 Å². The van der Waals surface area contributed by atoms with Gasteiger partial charge in [0.05, 0.1) is 6.73 Å². The van der Waals surface area contributed by atoms with Crippen LogP contribution in [0.2, 0.25) is 0 Å². The van der Waals surface area contributed by atoms with Gasteiger partial charge in [0, 0.05) is 24.7 Å². The highest BCUT2D eigenvalue weighted by Gasteiger charge is 2.17. The monoisotopic (exact) mass is 369 g/mol. The van der Waals surface area contributed by atoms with Gasteiger partial charge in [-0.05, 0) is 62.9 Å². The molecule has 3 aliphatic heterocycles. The molecule has 4 heteroatoms. The Hall–Kier alpha value is -0.160. The largest absolute Gasteiger partial charge is 0.366 e. The zero-order valence-corrected chi connectivity index (χ0v) is 18.4. The number of rotatable bonds is 3. The van der Waals surface area contributed by atoms with Crippen molar-refractivity contribution in [2.45, 2.75) is 98.2 Å². The zero-order valence-electron chi connectivity index (χ0n) is 18.4. The van der Waals surface area contributed by atoms with Gasteiger partial charge in [0.15, 0.2) is 0 Å². The minimum atomic E-state index is 0.679. The van der Waals surface area contributed by atoms with Gasteiger partial charge in [-0.15, -0.1) is 0 Å². The predicted molar refractivity (Wildman–Crippen MR) is 114 cm³/mol. The van der Waals surface area contributed by atoms with Crippen LogP contribution in [0.5, 0.6) is 0 Å². The first-order chi connectivity index (χ1) is 12.4. The first kappa shape index (κ1) is 23.9. The highest BCUT2D eigenvalue weighted by atomic mass is 16.5. The van der Waals surface area contributed by atoms with Crippen LogP contribution >= 0.6 is 0 Å². The van der Waals surface area contributed by atoms with E-state index in [2.05, 4.69) is 57.5 Å². The van der Waals surface area contributed by atoms with Crippen molar-refractivity contribution in [2.75, 3.05) is 26.4 Å². The third kappa shape index (κ3) is 10.2. The third-order valence-electron chi connectivity index (χ3n) is 5.88. The van der Waals surface area contributed by atoms with Gasteiger partial charge in [0.2, 0.25) is 0 Å². The summed E-state index contributed by atoms with van der Waals surface area (Å²) in [7, 11) is 0. The smallest absolute Gasteiger partial charge is 0.0967 e. The van der Waals surface area contributed by atoms with E-state index < -0.39 is 0 Å². The molecule has 0 spiro atoms. The minimum absolute atomic E-state index is 0.679. The summed E-state index contributed by atoms with van der Waals surface area (Å²) >= 11 is 0. The molecule has 3 rings (SSSR count). The molecule has 3 fully saturated rings. The summed E-state index contributed by atoms with van der Waals surface area (Å²) in [6.45, 7) is 17.8. The Balaban J connectivity index is 0.000000195. The third-order valence-corrected chi connectivity index (χ3v) is 5.88.